The van der Waals surface area contributed by atoms with Crippen LogP contribution in [0.2, 0.25) is 0 Å². The first-order valence-electron chi connectivity index (χ1n) is 7.67. The Morgan fingerprint density at radius 1 is 1.20 bits per heavy atom. The van der Waals surface area contributed by atoms with Gasteiger partial charge < -0.3 is 4.98 Å². The summed E-state index contributed by atoms with van der Waals surface area (Å²) in [6.07, 6.45) is 3.75. The molecular formula is C17H16BrN5O2. The number of hydrogen-bond acceptors (Lipinski definition) is 3. The predicted molar refractivity (Wildman–Crippen MR) is 96.4 cm³/mol. The third kappa shape index (κ3) is 3.63. The van der Waals surface area contributed by atoms with E-state index in [2.05, 4.69) is 36.9 Å². The van der Waals surface area contributed by atoms with E-state index in [1.54, 1.807) is 16.9 Å². The molecule has 128 valence electrons. The molecule has 0 fully saturated rings. The van der Waals surface area contributed by atoms with Gasteiger partial charge in [0.15, 0.2) is 0 Å². The number of halogens is 1. The van der Waals surface area contributed by atoms with Crippen LogP contribution in [0.15, 0.2) is 53.3 Å². The normalized spacial score (nSPS) is 10.5. The Bertz CT molecular complexity index is 901. The van der Waals surface area contributed by atoms with E-state index in [-0.39, 0.29) is 0 Å². The summed E-state index contributed by atoms with van der Waals surface area (Å²) in [5.41, 5.74) is 7.19. The fourth-order valence-electron chi connectivity index (χ4n) is 2.44. The van der Waals surface area contributed by atoms with Crippen LogP contribution in [0.1, 0.15) is 33.5 Å². The van der Waals surface area contributed by atoms with E-state index in [0.717, 1.165) is 15.9 Å². The Hall–Kier alpha value is -2.87. The van der Waals surface area contributed by atoms with E-state index in [4.69, 9.17) is 0 Å². The first kappa shape index (κ1) is 17.0. The Balaban J connectivity index is 1.74. The first-order chi connectivity index (χ1) is 12.1. The van der Waals surface area contributed by atoms with Gasteiger partial charge in [-0.25, -0.2) is 4.68 Å². The Labute approximate surface area is 152 Å². The lowest BCUT2D eigenvalue weighted by Crippen LogP contribution is -2.42. The molecular weight excluding hydrogens is 386 g/mol. The van der Waals surface area contributed by atoms with Crippen molar-refractivity contribution in [2.75, 3.05) is 0 Å². The van der Waals surface area contributed by atoms with Crippen LogP contribution in [0.5, 0.6) is 0 Å². The maximum absolute atomic E-state index is 12.4. The van der Waals surface area contributed by atoms with E-state index in [1.165, 1.54) is 6.20 Å². The molecule has 8 heteroatoms. The van der Waals surface area contributed by atoms with Gasteiger partial charge in [0.05, 0.1) is 23.1 Å². The molecule has 2 aromatic heterocycles. The molecule has 0 spiro atoms. The molecule has 2 amide bonds. The lowest BCUT2D eigenvalue weighted by Gasteiger charge is -2.09. The Morgan fingerprint density at radius 3 is 2.56 bits per heavy atom. The van der Waals surface area contributed by atoms with Crippen LogP contribution in [0, 0.1) is 0 Å². The molecule has 25 heavy (non-hydrogen) atoms. The fourth-order valence-corrected chi connectivity index (χ4v) is 2.79. The van der Waals surface area contributed by atoms with Crippen molar-refractivity contribution in [1.29, 1.82) is 0 Å². The number of para-hydroxylation sites is 1. The highest BCUT2D eigenvalue weighted by Gasteiger charge is 2.18. The molecule has 0 unspecified atom stereocenters. The summed E-state index contributed by atoms with van der Waals surface area (Å²) in [5, 5.41) is 4.30. The van der Waals surface area contributed by atoms with Gasteiger partial charge in [-0.1, -0.05) is 25.1 Å². The zero-order chi connectivity index (χ0) is 17.8. The number of nitrogens with one attached hydrogen (secondary N) is 3. The fraction of sp³-hybridized carbons (Fsp3) is 0.118. The molecule has 0 saturated carbocycles. The second kappa shape index (κ2) is 7.35. The van der Waals surface area contributed by atoms with Gasteiger partial charge in [0.1, 0.15) is 5.69 Å². The number of aromatic amines is 1. The van der Waals surface area contributed by atoms with Crippen LogP contribution in [0.4, 0.5) is 0 Å². The van der Waals surface area contributed by atoms with Crippen LogP contribution in [0.25, 0.3) is 5.69 Å². The van der Waals surface area contributed by atoms with Gasteiger partial charge in [-0.15, -0.1) is 0 Å². The largest absolute Gasteiger partial charge is 0.356 e. The zero-order valence-corrected chi connectivity index (χ0v) is 15.0. The van der Waals surface area contributed by atoms with Crippen molar-refractivity contribution in [2.24, 2.45) is 0 Å². The number of amides is 2. The number of hydrogen-bond donors (Lipinski definition) is 3. The number of benzene rings is 1. The zero-order valence-electron chi connectivity index (χ0n) is 13.4. The maximum atomic E-state index is 12.4. The minimum absolute atomic E-state index is 0.336. The number of carbonyl (C=O) groups excluding carboxylic acids is 2. The number of rotatable bonds is 4. The molecule has 0 saturated heterocycles. The van der Waals surface area contributed by atoms with Crippen LogP contribution >= 0.6 is 15.9 Å². The van der Waals surface area contributed by atoms with Crippen LogP contribution < -0.4 is 10.9 Å². The smallest absolute Gasteiger partial charge is 0.286 e. The highest BCUT2D eigenvalue weighted by atomic mass is 79.9. The highest BCUT2D eigenvalue weighted by molar-refractivity contribution is 9.10. The average Bonchev–Trinajstić information content (AvgIpc) is 3.26. The SMILES string of the molecule is CCc1c(C(=O)NNC(=O)c2cc(Br)c[nH]2)cnn1-c1ccccc1. The number of H-pyrrole nitrogens is 1. The molecule has 3 aromatic rings. The number of nitrogens with zero attached hydrogens (tertiary/aromatic N) is 2. The van der Waals surface area contributed by atoms with Gasteiger partial charge in [-0.05, 0) is 40.5 Å². The molecule has 0 atom stereocenters. The van der Waals surface area contributed by atoms with Crippen molar-refractivity contribution in [3.63, 3.8) is 0 Å². The van der Waals surface area contributed by atoms with Crippen molar-refractivity contribution in [3.05, 3.63) is 70.2 Å². The second-order valence-electron chi connectivity index (χ2n) is 5.25. The maximum Gasteiger partial charge on any atom is 0.286 e. The monoisotopic (exact) mass is 401 g/mol. The van der Waals surface area contributed by atoms with Gasteiger partial charge in [0.25, 0.3) is 11.8 Å². The van der Waals surface area contributed by atoms with Crippen LogP contribution in [-0.4, -0.2) is 26.6 Å². The quantitative estimate of drug-likeness (QED) is 0.586. The van der Waals surface area contributed by atoms with E-state index in [0.29, 0.717) is 17.7 Å². The minimum Gasteiger partial charge on any atom is -0.356 e. The van der Waals surface area contributed by atoms with Crippen molar-refractivity contribution in [3.8, 4) is 5.69 Å². The van der Waals surface area contributed by atoms with E-state index in [1.807, 2.05) is 37.3 Å². The minimum atomic E-state index is -0.437. The van der Waals surface area contributed by atoms with Gasteiger partial charge in [0.2, 0.25) is 0 Å². The summed E-state index contributed by atoms with van der Waals surface area (Å²) in [7, 11) is 0. The molecule has 0 aliphatic heterocycles. The van der Waals surface area contributed by atoms with Gasteiger partial charge in [-0.2, -0.15) is 5.10 Å². The predicted octanol–water partition coefficient (Wildman–Crippen LogP) is 2.60. The topological polar surface area (TPSA) is 91.8 Å². The number of aromatic nitrogens is 3. The van der Waals surface area contributed by atoms with Crippen LogP contribution in [-0.2, 0) is 6.42 Å². The Morgan fingerprint density at radius 2 is 1.92 bits per heavy atom. The van der Waals surface area contributed by atoms with E-state index < -0.39 is 11.8 Å². The molecule has 0 aliphatic rings. The third-order valence-corrected chi connectivity index (χ3v) is 4.09. The molecule has 0 radical (unpaired) electrons. The summed E-state index contributed by atoms with van der Waals surface area (Å²) >= 11 is 3.25. The molecule has 1 aromatic carbocycles. The summed E-state index contributed by atoms with van der Waals surface area (Å²) in [4.78, 5) is 27.2. The molecule has 0 bridgehead atoms. The highest BCUT2D eigenvalue weighted by Crippen LogP contribution is 2.15. The lowest BCUT2D eigenvalue weighted by molar-refractivity contribution is 0.0843. The molecule has 0 aliphatic carbocycles. The molecule has 2 heterocycles. The lowest BCUT2D eigenvalue weighted by atomic mass is 10.2. The van der Waals surface area contributed by atoms with Crippen molar-refractivity contribution in [2.45, 2.75) is 13.3 Å². The van der Waals surface area contributed by atoms with Gasteiger partial charge in [-0.3, -0.25) is 20.4 Å². The third-order valence-electron chi connectivity index (χ3n) is 3.63. The molecule has 3 N–H and O–H groups in total. The first-order valence-corrected chi connectivity index (χ1v) is 8.46. The number of hydrazine groups is 1. The van der Waals surface area contributed by atoms with Gasteiger partial charge >= 0.3 is 0 Å². The summed E-state index contributed by atoms with van der Waals surface area (Å²) < 4.78 is 2.47. The standard InChI is InChI=1S/C17H16BrN5O2/c1-2-15-13(10-20-23(15)12-6-4-3-5-7-12)16(24)21-22-17(25)14-8-11(18)9-19-14/h3-10,19H,2H2,1H3,(H,21,24)(H,22,25). The van der Waals surface area contributed by atoms with Crippen molar-refractivity contribution >= 4 is 27.7 Å². The summed E-state index contributed by atoms with van der Waals surface area (Å²) in [5.74, 6) is -0.856. The van der Waals surface area contributed by atoms with E-state index in [9.17, 15) is 9.59 Å². The molecule has 7 nitrogen and oxygen atoms in total. The Kier molecular flexibility index (Phi) is 4.99. The number of carbonyl (C=O) groups is 2. The van der Waals surface area contributed by atoms with Gasteiger partial charge in [0, 0.05) is 10.7 Å². The molecule has 3 rings (SSSR count). The van der Waals surface area contributed by atoms with Crippen LogP contribution in [0.3, 0.4) is 0 Å². The van der Waals surface area contributed by atoms with Crippen molar-refractivity contribution in [1.82, 2.24) is 25.6 Å². The van der Waals surface area contributed by atoms with E-state index >= 15 is 0 Å². The second-order valence-corrected chi connectivity index (χ2v) is 6.16. The summed E-state index contributed by atoms with van der Waals surface area (Å²) in [6.45, 7) is 1.95. The van der Waals surface area contributed by atoms with Crippen molar-refractivity contribution < 1.29 is 9.59 Å². The average molecular weight is 402 g/mol. The summed E-state index contributed by atoms with van der Waals surface area (Å²) in [6, 6.07) is 11.2.